The highest BCUT2D eigenvalue weighted by Crippen LogP contribution is 2.25. The molecule has 1 saturated heterocycles. The SMILES string of the molecule is CCOc1ccc(S(=O)(=O)N(CC(=O)NCCCN2CCOCC2)Cc2ccccc2)cc1C. The van der Waals surface area contributed by atoms with Crippen molar-refractivity contribution in [1.29, 1.82) is 0 Å². The van der Waals surface area contributed by atoms with Crippen molar-refractivity contribution in [1.82, 2.24) is 14.5 Å². The van der Waals surface area contributed by atoms with Crippen LogP contribution in [0.2, 0.25) is 0 Å². The smallest absolute Gasteiger partial charge is 0.243 e. The van der Waals surface area contributed by atoms with Crippen molar-refractivity contribution < 1.29 is 22.7 Å². The Balaban J connectivity index is 1.67. The predicted molar refractivity (Wildman–Crippen MR) is 131 cm³/mol. The minimum atomic E-state index is -3.90. The van der Waals surface area contributed by atoms with Crippen LogP contribution in [-0.4, -0.2) is 76.1 Å². The van der Waals surface area contributed by atoms with E-state index in [1.807, 2.05) is 44.2 Å². The van der Waals surface area contributed by atoms with E-state index in [-0.39, 0.29) is 23.9 Å². The lowest BCUT2D eigenvalue weighted by Gasteiger charge is -2.26. The van der Waals surface area contributed by atoms with Crippen molar-refractivity contribution in [2.45, 2.75) is 31.7 Å². The summed E-state index contributed by atoms with van der Waals surface area (Å²) in [6.07, 6.45) is 0.801. The van der Waals surface area contributed by atoms with E-state index in [0.717, 1.165) is 50.4 Å². The first-order chi connectivity index (χ1) is 16.4. The molecule has 0 spiro atoms. The Kier molecular flexibility index (Phi) is 9.88. The Morgan fingerprint density at radius 2 is 1.88 bits per heavy atom. The van der Waals surface area contributed by atoms with Crippen LogP contribution in [0.3, 0.4) is 0 Å². The number of ether oxygens (including phenoxy) is 2. The third kappa shape index (κ3) is 7.53. The summed E-state index contributed by atoms with van der Waals surface area (Å²) >= 11 is 0. The molecule has 1 aliphatic heterocycles. The number of carbonyl (C=O) groups is 1. The largest absolute Gasteiger partial charge is 0.494 e. The zero-order valence-electron chi connectivity index (χ0n) is 20.0. The first-order valence-corrected chi connectivity index (χ1v) is 13.2. The lowest BCUT2D eigenvalue weighted by molar-refractivity contribution is -0.121. The Morgan fingerprint density at radius 1 is 1.15 bits per heavy atom. The van der Waals surface area contributed by atoms with Gasteiger partial charge in [-0.2, -0.15) is 4.31 Å². The van der Waals surface area contributed by atoms with Crippen LogP contribution in [0.1, 0.15) is 24.5 Å². The van der Waals surface area contributed by atoms with Crippen molar-refractivity contribution in [2.24, 2.45) is 0 Å². The van der Waals surface area contributed by atoms with Crippen LogP contribution in [0.5, 0.6) is 5.75 Å². The lowest BCUT2D eigenvalue weighted by atomic mass is 10.2. The van der Waals surface area contributed by atoms with Gasteiger partial charge in [-0.15, -0.1) is 0 Å². The Morgan fingerprint density at radius 3 is 2.56 bits per heavy atom. The molecule has 1 N–H and O–H groups in total. The molecule has 34 heavy (non-hydrogen) atoms. The van der Waals surface area contributed by atoms with Gasteiger partial charge in [-0.1, -0.05) is 30.3 Å². The van der Waals surface area contributed by atoms with E-state index in [2.05, 4.69) is 10.2 Å². The van der Waals surface area contributed by atoms with E-state index >= 15 is 0 Å². The number of rotatable bonds is 12. The number of aryl methyl sites for hydroxylation is 1. The second-order valence-corrected chi connectivity index (χ2v) is 10.2. The van der Waals surface area contributed by atoms with Crippen molar-refractivity contribution in [2.75, 3.05) is 52.5 Å². The molecule has 3 rings (SSSR count). The van der Waals surface area contributed by atoms with E-state index in [9.17, 15) is 13.2 Å². The van der Waals surface area contributed by atoms with Crippen molar-refractivity contribution in [3.63, 3.8) is 0 Å². The molecule has 1 aliphatic rings. The summed E-state index contributed by atoms with van der Waals surface area (Å²) in [6.45, 7) is 8.71. The summed E-state index contributed by atoms with van der Waals surface area (Å²) in [6, 6.07) is 14.1. The van der Waals surface area contributed by atoms with Gasteiger partial charge >= 0.3 is 0 Å². The molecule has 0 aromatic heterocycles. The second kappa shape index (κ2) is 12.9. The standard InChI is InChI=1S/C25H35N3O5S/c1-3-33-24-11-10-23(18-21(24)2)34(30,31)28(19-22-8-5-4-6-9-22)20-25(29)26-12-7-13-27-14-16-32-17-15-27/h4-6,8-11,18H,3,7,12-17,19-20H2,1-2H3,(H,26,29). The summed E-state index contributed by atoms with van der Waals surface area (Å²) in [7, 11) is -3.90. The molecule has 0 unspecified atom stereocenters. The van der Waals surface area contributed by atoms with E-state index in [1.54, 1.807) is 12.1 Å². The third-order valence-corrected chi connectivity index (χ3v) is 7.47. The number of nitrogens with zero attached hydrogens (tertiary/aromatic N) is 2. The van der Waals surface area contributed by atoms with Gasteiger partial charge in [-0.3, -0.25) is 9.69 Å². The second-order valence-electron chi connectivity index (χ2n) is 8.28. The van der Waals surface area contributed by atoms with Gasteiger partial charge in [-0.25, -0.2) is 8.42 Å². The van der Waals surface area contributed by atoms with E-state index in [0.29, 0.717) is 18.9 Å². The Hall–Kier alpha value is -2.46. The highest BCUT2D eigenvalue weighted by atomic mass is 32.2. The van der Waals surface area contributed by atoms with Crippen molar-refractivity contribution in [3.05, 3.63) is 59.7 Å². The Labute approximate surface area is 202 Å². The maximum Gasteiger partial charge on any atom is 0.243 e. The molecule has 0 bridgehead atoms. The average molecular weight is 490 g/mol. The third-order valence-electron chi connectivity index (χ3n) is 5.68. The van der Waals surface area contributed by atoms with Crippen LogP contribution in [0.4, 0.5) is 0 Å². The summed E-state index contributed by atoms with van der Waals surface area (Å²) in [4.78, 5) is 15.2. The fourth-order valence-corrected chi connectivity index (χ4v) is 5.30. The maximum absolute atomic E-state index is 13.5. The van der Waals surface area contributed by atoms with E-state index in [1.165, 1.54) is 10.4 Å². The van der Waals surface area contributed by atoms with Crippen LogP contribution in [0, 0.1) is 6.92 Å². The zero-order valence-corrected chi connectivity index (χ0v) is 20.9. The number of nitrogens with one attached hydrogen (secondary N) is 1. The molecule has 1 amide bonds. The summed E-state index contributed by atoms with van der Waals surface area (Å²) in [5.74, 6) is 0.332. The van der Waals surface area contributed by atoms with E-state index < -0.39 is 10.0 Å². The molecule has 2 aromatic carbocycles. The van der Waals surface area contributed by atoms with Crippen molar-refractivity contribution >= 4 is 15.9 Å². The monoisotopic (exact) mass is 489 g/mol. The van der Waals surface area contributed by atoms with Crippen LogP contribution in [0.15, 0.2) is 53.4 Å². The van der Waals surface area contributed by atoms with E-state index in [4.69, 9.17) is 9.47 Å². The number of benzene rings is 2. The molecule has 186 valence electrons. The molecule has 2 aromatic rings. The summed E-state index contributed by atoms with van der Waals surface area (Å²) in [5.41, 5.74) is 1.55. The topological polar surface area (TPSA) is 88.2 Å². The van der Waals surface area contributed by atoms with Gasteiger partial charge in [0.1, 0.15) is 5.75 Å². The van der Waals surface area contributed by atoms with Crippen LogP contribution < -0.4 is 10.1 Å². The van der Waals surface area contributed by atoms with Crippen LogP contribution >= 0.6 is 0 Å². The fourth-order valence-electron chi connectivity index (χ4n) is 3.83. The molecule has 0 saturated carbocycles. The number of sulfonamides is 1. The highest BCUT2D eigenvalue weighted by molar-refractivity contribution is 7.89. The van der Waals surface area contributed by atoms with Gasteiger partial charge in [0.15, 0.2) is 0 Å². The van der Waals surface area contributed by atoms with Gasteiger partial charge in [0, 0.05) is 26.2 Å². The maximum atomic E-state index is 13.5. The Bertz CT molecular complexity index is 1020. The summed E-state index contributed by atoms with van der Waals surface area (Å²) < 4.78 is 39.2. The molecule has 9 heteroatoms. The molecular formula is C25H35N3O5S. The zero-order chi connectivity index (χ0) is 24.4. The average Bonchev–Trinajstić information content (AvgIpc) is 2.84. The normalized spacial score (nSPS) is 14.8. The van der Waals surface area contributed by atoms with Gasteiger partial charge < -0.3 is 14.8 Å². The highest BCUT2D eigenvalue weighted by Gasteiger charge is 2.27. The lowest BCUT2D eigenvalue weighted by Crippen LogP contribution is -2.41. The predicted octanol–water partition coefficient (Wildman–Crippen LogP) is 2.42. The number of carbonyl (C=O) groups excluding carboxylic acids is 1. The first-order valence-electron chi connectivity index (χ1n) is 11.7. The minimum Gasteiger partial charge on any atom is -0.494 e. The fraction of sp³-hybridized carbons (Fsp3) is 0.480. The molecule has 1 fully saturated rings. The number of hydrogen-bond acceptors (Lipinski definition) is 6. The van der Waals surface area contributed by atoms with Crippen LogP contribution in [-0.2, 0) is 26.1 Å². The number of hydrogen-bond donors (Lipinski definition) is 1. The van der Waals surface area contributed by atoms with Gasteiger partial charge in [-0.05, 0) is 56.1 Å². The number of amides is 1. The molecular weight excluding hydrogens is 454 g/mol. The van der Waals surface area contributed by atoms with Gasteiger partial charge in [0.2, 0.25) is 15.9 Å². The minimum absolute atomic E-state index is 0.108. The molecule has 8 nitrogen and oxygen atoms in total. The van der Waals surface area contributed by atoms with Gasteiger partial charge in [0.05, 0.1) is 31.3 Å². The van der Waals surface area contributed by atoms with Crippen LogP contribution in [0.25, 0.3) is 0 Å². The van der Waals surface area contributed by atoms with Crippen molar-refractivity contribution in [3.8, 4) is 5.75 Å². The molecule has 0 atom stereocenters. The molecule has 0 aliphatic carbocycles. The molecule has 1 heterocycles. The number of morpholine rings is 1. The van der Waals surface area contributed by atoms with Gasteiger partial charge in [0.25, 0.3) is 0 Å². The summed E-state index contributed by atoms with van der Waals surface area (Å²) in [5, 5.41) is 2.88. The first kappa shape index (κ1) is 26.2. The quantitative estimate of drug-likeness (QED) is 0.461. The molecule has 0 radical (unpaired) electrons.